The van der Waals surface area contributed by atoms with Gasteiger partial charge in [0.1, 0.15) is 5.69 Å². The van der Waals surface area contributed by atoms with Gasteiger partial charge in [-0.3, -0.25) is 4.79 Å². The van der Waals surface area contributed by atoms with Gasteiger partial charge in [-0.25, -0.2) is 4.98 Å². The fraction of sp³-hybridized carbons (Fsp3) is 0.538. The summed E-state index contributed by atoms with van der Waals surface area (Å²) in [4.78, 5) is 18.7. The molecule has 0 atom stereocenters. The first-order valence-corrected chi connectivity index (χ1v) is 5.98. The lowest BCUT2D eigenvalue weighted by Crippen LogP contribution is -2.20. The summed E-state index contributed by atoms with van der Waals surface area (Å²) in [7, 11) is 3.88. The molecule has 4 heteroatoms. The SMILES string of the molecule is CC(C)n1cnc2c1C(=O)/C(=C\N(C)C)CC2. The molecule has 0 N–H and O–H groups in total. The number of aromatic nitrogens is 2. The van der Waals surface area contributed by atoms with Crippen molar-refractivity contribution in [3.05, 3.63) is 29.5 Å². The van der Waals surface area contributed by atoms with E-state index in [2.05, 4.69) is 18.8 Å². The predicted octanol–water partition coefficient (Wildman–Crippen LogP) is 2.04. The number of rotatable bonds is 2. The number of carbonyl (C=O) groups excluding carboxylic acids is 1. The Morgan fingerprint density at radius 1 is 1.41 bits per heavy atom. The molecule has 0 unspecified atom stereocenters. The summed E-state index contributed by atoms with van der Waals surface area (Å²) in [5, 5.41) is 0. The Kier molecular flexibility index (Phi) is 3.05. The normalized spacial score (nSPS) is 17.7. The van der Waals surface area contributed by atoms with Crippen molar-refractivity contribution in [2.45, 2.75) is 32.7 Å². The first-order valence-electron chi connectivity index (χ1n) is 5.98. The van der Waals surface area contributed by atoms with Gasteiger partial charge in [0, 0.05) is 31.9 Å². The van der Waals surface area contributed by atoms with Crippen LogP contribution in [0.3, 0.4) is 0 Å². The largest absolute Gasteiger partial charge is 0.383 e. The zero-order valence-electron chi connectivity index (χ0n) is 10.9. The quantitative estimate of drug-likeness (QED) is 0.734. The second-order valence-electron chi connectivity index (χ2n) is 4.99. The predicted molar refractivity (Wildman–Crippen MR) is 67.0 cm³/mol. The molecule has 1 aromatic heterocycles. The van der Waals surface area contributed by atoms with Crippen molar-refractivity contribution in [2.75, 3.05) is 14.1 Å². The molecule has 1 aromatic rings. The summed E-state index contributed by atoms with van der Waals surface area (Å²) in [6.07, 6.45) is 5.36. The van der Waals surface area contributed by atoms with E-state index >= 15 is 0 Å². The fourth-order valence-electron chi connectivity index (χ4n) is 2.18. The van der Waals surface area contributed by atoms with Gasteiger partial charge < -0.3 is 9.47 Å². The third kappa shape index (κ3) is 2.12. The number of allylic oxidation sites excluding steroid dienone is 1. The maximum absolute atomic E-state index is 12.4. The van der Waals surface area contributed by atoms with Crippen molar-refractivity contribution in [1.82, 2.24) is 14.5 Å². The van der Waals surface area contributed by atoms with Crippen molar-refractivity contribution in [3.8, 4) is 0 Å². The topological polar surface area (TPSA) is 38.1 Å². The van der Waals surface area contributed by atoms with Gasteiger partial charge in [-0.15, -0.1) is 0 Å². The molecular formula is C13H19N3O. The molecular weight excluding hydrogens is 214 g/mol. The van der Waals surface area contributed by atoms with Gasteiger partial charge in [0.15, 0.2) is 0 Å². The minimum Gasteiger partial charge on any atom is -0.383 e. The van der Waals surface area contributed by atoms with E-state index in [0.717, 1.165) is 29.8 Å². The maximum atomic E-state index is 12.4. The maximum Gasteiger partial charge on any atom is 0.208 e. The number of nitrogens with zero attached hydrogens (tertiary/aromatic N) is 3. The van der Waals surface area contributed by atoms with E-state index < -0.39 is 0 Å². The zero-order valence-corrected chi connectivity index (χ0v) is 10.9. The Bertz CT molecular complexity index is 469. The number of aryl methyl sites for hydroxylation is 1. The van der Waals surface area contributed by atoms with E-state index in [1.807, 2.05) is 29.8 Å². The van der Waals surface area contributed by atoms with Crippen LogP contribution in [0.25, 0.3) is 0 Å². The van der Waals surface area contributed by atoms with Crippen LogP contribution in [-0.2, 0) is 6.42 Å². The molecule has 4 nitrogen and oxygen atoms in total. The lowest BCUT2D eigenvalue weighted by Gasteiger charge is -2.19. The van der Waals surface area contributed by atoms with Crippen LogP contribution in [-0.4, -0.2) is 34.3 Å². The van der Waals surface area contributed by atoms with Crippen LogP contribution in [0.2, 0.25) is 0 Å². The van der Waals surface area contributed by atoms with E-state index in [4.69, 9.17) is 0 Å². The van der Waals surface area contributed by atoms with Crippen LogP contribution in [0.1, 0.15) is 42.5 Å². The van der Waals surface area contributed by atoms with Gasteiger partial charge in [0.25, 0.3) is 0 Å². The summed E-state index contributed by atoms with van der Waals surface area (Å²) < 4.78 is 1.97. The number of hydrogen-bond donors (Lipinski definition) is 0. The fourth-order valence-corrected chi connectivity index (χ4v) is 2.18. The summed E-state index contributed by atoms with van der Waals surface area (Å²) >= 11 is 0. The molecule has 92 valence electrons. The molecule has 0 aliphatic heterocycles. The van der Waals surface area contributed by atoms with Gasteiger partial charge in [0.05, 0.1) is 12.0 Å². The van der Waals surface area contributed by atoms with Crippen molar-refractivity contribution < 1.29 is 4.79 Å². The van der Waals surface area contributed by atoms with E-state index in [1.165, 1.54) is 0 Å². The van der Waals surface area contributed by atoms with Gasteiger partial charge in [-0.05, 0) is 26.7 Å². The molecule has 2 rings (SSSR count). The third-order valence-electron chi connectivity index (χ3n) is 2.98. The smallest absolute Gasteiger partial charge is 0.208 e. The molecule has 0 radical (unpaired) electrons. The average molecular weight is 233 g/mol. The molecule has 17 heavy (non-hydrogen) atoms. The molecule has 1 heterocycles. The van der Waals surface area contributed by atoms with E-state index in [1.54, 1.807) is 6.33 Å². The van der Waals surface area contributed by atoms with Crippen LogP contribution >= 0.6 is 0 Å². The molecule has 0 spiro atoms. The lowest BCUT2D eigenvalue weighted by molar-refractivity contribution is 0.101. The highest BCUT2D eigenvalue weighted by Gasteiger charge is 2.27. The first kappa shape index (κ1) is 11.9. The number of carbonyl (C=O) groups is 1. The van der Waals surface area contributed by atoms with Gasteiger partial charge >= 0.3 is 0 Å². The Balaban J connectivity index is 2.43. The molecule has 0 bridgehead atoms. The number of Topliss-reactive ketones (excluding diaryl/α,β-unsaturated/α-hetero) is 1. The number of imidazole rings is 1. The highest BCUT2D eigenvalue weighted by molar-refractivity contribution is 6.09. The summed E-state index contributed by atoms with van der Waals surface area (Å²) in [6.45, 7) is 4.14. The zero-order chi connectivity index (χ0) is 12.6. The molecule has 0 saturated heterocycles. The lowest BCUT2D eigenvalue weighted by atomic mass is 9.94. The van der Waals surface area contributed by atoms with Crippen molar-refractivity contribution in [2.24, 2.45) is 0 Å². The summed E-state index contributed by atoms with van der Waals surface area (Å²) in [5.41, 5.74) is 2.60. The second kappa shape index (κ2) is 4.35. The average Bonchev–Trinajstić information content (AvgIpc) is 2.66. The monoisotopic (exact) mass is 233 g/mol. The molecule has 0 aromatic carbocycles. The van der Waals surface area contributed by atoms with E-state index in [-0.39, 0.29) is 11.8 Å². The minimum atomic E-state index is 0.131. The van der Waals surface area contributed by atoms with E-state index in [0.29, 0.717) is 0 Å². The Morgan fingerprint density at radius 2 is 2.12 bits per heavy atom. The van der Waals surface area contributed by atoms with Gasteiger partial charge in [-0.2, -0.15) is 0 Å². The van der Waals surface area contributed by atoms with Crippen LogP contribution in [0.15, 0.2) is 18.1 Å². The number of hydrogen-bond acceptors (Lipinski definition) is 3. The van der Waals surface area contributed by atoms with Gasteiger partial charge in [0.2, 0.25) is 5.78 Å². The van der Waals surface area contributed by atoms with E-state index in [9.17, 15) is 4.79 Å². The first-order chi connectivity index (χ1) is 8.00. The molecule has 1 aliphatic rings. The Morgan fingerprint density at radius 3 is 2.71 bits per heavy atom. The second-order valence-corrected chi connectivity index (χ2v) is 4.99. The molecule has 1 aliphatic carbocycles. The standard InChI is InChI=1S/C13H19N3O/c1-9(2)16-8-14-11-6-5-10(7-15(3)4)13(17)12(11)16/h7-9H,5-6H2,1-4H3/b10-7-. The van der Waals surface area contributed by atoms with Crippen LogP contribution in [0.4, 0.5) is 0 Å². The number of fused-ring (bicyclic) bond motifs is 1. The third-order valence-corrected chi connectivity index (χ3v) is 2.98. The molecule has 0 fully saturated rings. The van der Waals surface area contributed by atoms with Crippen molar-refractivity contribution in [1.29, 1.82) is 0 Å². The Labute approximate surface area is 102 Å². The van der Waals surface area contributed by atoms with Crippen molar-refractivity contribution >= 4 is 5.78 Å². The summed E-state index contributed by atoms with van der Waals surface area (Å²) in [6, 6.07) is 0.272. The number of ketones is 1. The molecule has 0 amide bonds. The highest BCUT2D eigenvalue weighted by Crippen LogP contribution is 2.26. The highest BCUT2D eigenvalue weighted by atomic mass is 16.1. The molecule has 0 saturated carbocycles. The van der Waals surface area contributed by atoms with Crippen molar-refractivity contribution in [3.63, 3.8) is 0 Å². The van der Waals surface area contributed by atoms with Gasteiger partial charge in [-0.1, -0.05) is 0 Å². The minimum absolute atomic E-state index is 0.131. The Hall–Kier alpha value is -1.58. The van der Waals surface area contributed by atoms with Crippen LogP contribution in [0, 0.1) is 0 Å². The van der Waals surface area contributed by atoms with Crippen LogP contribution in [0.5, 0.6) is 0 Å². The summed E-state index contributed by atoms with van der Waals surface area (Å²) in [5.74, 6) is 0.131. The van der Waals surface area contributed by atoms with Crippen LogP contribution < -0.4 is 0 Å².